The Morgan fingerprint density at radius 2 is 1.88 bits per heavy atom. The van der Waals surface area contributed by atoms with Crippen LogP contribution in [-0.2, 0) is 7.05 Å². The molecule has 4 nitrogen and oxygen atoms in total. The molecule has 0 fully saturated rings. The summed E-state index contributed by atoms with van der Waals surface area (Å²) >= 11 is 6.03. The Morgan fingerprint density at radius 1 is 1.16 bits per heavy atom. The van der Waals surface area contributed by atoms with Crippen LogP contribution in [0.4, 0.5) is 10.1 Å². The average Bonchev–Trinajstić information content (AvgIpc) is 2.81. The van der Waals surface area contributed by atoms with Crippen molar-refractivity contribution in [1.82, 2.24) is 9.78 Å². The molecule has 0 aliphatic rings. The summed E-state index contributed by atoms with van der Waals surface area (Å²) in [6.07, 6.45) is 0. The molecule has 1 N–H and O–H groups in total. The van der Waals surface area contributed by atoms with Crippen LogP contribution in [0.15, 0.2) is 42.5 Å². The molecule has 1 heterocycles. The van der Waals surface area contributed by atoms with Crippen molar-refractivity contribution in [1.29, 1.82) is 0 Å². The van der Waals surface area contributed by atoms with Crippen LogP contribution in [0.2, 0.25) is 5.02 Å². The van der Waals surface area contributed by atoms with E-state index < -0.39 is 11.9 Å². The quantitative estimate of drug-likeness (QED) is 0.735. The first-order chi connectivity index (χ1) is 11.9. The van der Waals surface area contributed by atoms with E-state index in [1.807, 2.05) is 37.3 Å². The molecule has 0 spiro atoms. The summed E-state index contributed by atoms with van der Waals surface area (Å²) in [6.45, 7) is 3.55. The molecule has 0 radical (unpaired) electrons. The van der Waals surface area contributed by atoms with Crippen LogP contribution in [0.3, 0.4) is 0 Å². The van der Waals surface area contributed by atoms with Gasteiger partial charge in [0.05, 0.1) is 5.69 Å². The monoisotopic (exact) mass is 357 g/mol. The van der Waals surface area contributed by atoms with Gasteiger partial charge in [-0.2, -0.15) is 9.49 Å². The van der Waals surface area contributed by atoms with Gasteiger partial charge in [0.15, 0.2) is 0 Å². The standard InChI is InChI=1S/C19H17ClFN3O/c1-11-10-13(20)8-9-14(11)15-6-4-5-7-16(15)22-19(25)17-12(2)23-24(3)18(17)21/h4-10H,1-3H3,(H,22,25). The minimum Gasteiger partial charge on any atom is -0.321 e. The van der Waals surface area contributed by atoms with Crippen molar-refractivity contribution < 1.29 is 9.18 Å². The van der Waals surface area contributed by atoms with E-state index >= 15 is 0 Å². The maximum atomic E-state index is 14.1. The topological polar surface area (TPSA) is 46.9 Å². The third-order valence-electron chi connectivity index (χ3n) is 4.03. The van der Waals surface area contributed by atoms with Crippen molar-refractivity contribution in [3.8, 4) is 11.1 Å². The number of anilines is 1. The minimum absolute atomic E-state index is 0.0508. The van der Waals surface area contributed by atoms with Crippen LogP contribution < -0.4 is 5.32 Å². The van der Waals surface area contributed by atoms with Gasteiger partial charge in [0, 0.05) is 23.3 Å². The van der Waals surface area contributed by atoms with E-state index in [0.29, 0.717) is 16.4 Å². The van der Waals surface area contributed by atoms with Gasteiger partial charge in [-0.25, -0.2) is 4.68 Å². The fourth-order valence-electron chi connectivity index (χ4n) is 2.83. The van der Waals surface area contributed by atoms with Crippen LogP contribution >= 0.6 is 11.6 Å². The lowest BCUT2D eigenvalue weighted by atomic mass is 9.99. The van der Waals surface area contributed by atoms with E-state index in [0.717, 1.165) is 21.4 Å². The van der Waals surface area contributed by atoms with Crippen molar-refractivity contribution in [2.75, 3.05) is 5.32 Å². The molecule has 0 atom stereocenters. The first-order valence-corrected chi connectivity index (χ1v) is 8.12. The normalized spacial score (nSPS) is 10.8. The molecule has 128 valence electrons. The van der Waals surface area contributed by atoms with Crippen LogP contribution in [0.5, 0.6) is 0 Å². The maximum Gasteiger partial charge on any atom is 0.262 e. The molecule has 0 unspecified atom stereocenters. The smallest absolute Gasteiger partial charge is 0.262 e. The number of nitrogens with one attached hydrogen (secondary N) is 1. The highest BCUT2D eigenvalue weighted by Crippen LogP contribution is 2.32. The number of nitrogens with zero attached hydrogens (tertiary/aromatic N) is 2. The Labute approximate surface area is 150 Å². The number of para-hydroxylation sites is 1. The number of hydrogen-bond acceptors (Lipinski definition) is 2. The van der Waals surface area contributed by atoms with Gasteiger partial charge >= 0.3 is 0 Å². The van der Waals surface area contributed by atoms with Gasteiger partial charge in [-0.3, -0.25) is 4.79 Å². The molecule has 1 amide bonds. The molecule has 2 aromatic carbocycles. The number of hydrogen-bond donors (Lipinski definition) is 1. The van der Waals surface area contributed by atoms with E-state index in [1.54, 1.807) is 19.1 Å². The largest absolute Gasteiger partial charge is 0.321 e. The molecule has 25 heavy (non-hydrogen) atoms. The lowest BCUT2D eigenvalue weighted by Gasteiger charge is -2.13. The molecule has 0 saturated carbocycles. The van der Waals surface area contributed by atoms with E-state index in [9.17, 15) is 9.18 Å². The number of rotatable bonds is 3. The molecule has 3 rings (SSSR count). The Morgan fingerprint density at radius 3 is 2.52 bits per heavy atom. The van der Waals surface area contributed by atoms with Crippen molar-refractivity contribution >= 4 is 23.2 Å². The molecular weight excluding hydrogens is 341 g/mol. The highest BCUT2D eigenvalue weighted by atomic mass is 35.5. The SMILES string of the molecule is Cc1cc(Cl)ccc1-c1ccccc1NC(=O)c1c(C)nn(C)c1F. The zero-order valence-electron chi connectivity index (χ0n) is 14.1. The van der Waals surface area contributed by atoms with Gasteiger partial charge in [-0.05, 0) is 43.2 Å². The van der Waals surface area contributed by atoms with Crippen LogP contribution in [0.25, 0.3) is 11.1 Å². The average molecular weight is 358 g/mol. The zero-order valence-corrected chi connectivity index (χ0v) is 14.9. The van der Waals surface area contributed by atoms with Gasteiger partial charge in [-0.1, -0.05) is 35.9 Å². The van der Waals surface area contributed by atoms with Gasteiger partial charge < -0.3 is 5.32 Å². The second-order valence-corrected chi connectivity index (χ2v) is 6.27. The molecule has 6 heteroatoms. The number of amides is 1. The van der Waals surface area contributed by atoms with Crippen LogP contribution in [0.1, 0.15) is 21.6 Å². The predicted molar refractivity (Wildman–Crippen MR) is 97.5 cm³/mol. The molecule has 0 aliphatic heterocycles. The minimum atomic E-state index is -0.657. The summed E-state index contributed by atoms with van der Waals surface area (Å²) in [4.78, 5) is 12.6. The lowest BCUT2D eigenvalue weighted by molar-refractivity contribution is 0.102. The summed E-state index contributed by atoms with van der Waals surface area (Å²) in [7, 11) is 1.46. The summed E-state index contributed by atoms with van der Waals surface area (Å²) in [5.41, 5.74) is 3.66. The Kier molecular flexibility index (Phi) is 4.59. The molecule has 1 aromatic heterocycles. The molecule has 0 aliphatic carbocycles. The Bertz CT molecular complexity index is 965. The van der Waals surface area contributed by atoms with E-state index in [-0.39, 0.29) is 5.56 Å². The second-order valence-electron chi connectivity index (χ2n) is 5.83. The molecule has 0 saturated heterocycles. The summed E-state index contributed by atoms with van der Waals surface area (Å²) < 4.78 is 15.2. The highest BCUT2D eigenvalue weighted by molar-refractivity contribution is 6.30. The van der Waals surface area contributed by atoms with Crippen molar-refractivity contribution in [3.63, 3.8) is 0 Å². The van der Waals surface area contributed by atoms with E-state index in [4.69, 9.17) is 11.6 Å². The fourth-order valence-corrected chi connectivity index (χ4v) is 3.06. The first kappa shape index (κ1) is 17.2. The lowest BCUT2D eigenvalue weighted by Crippen LogP contribution is -2.15. The number of carbonyl (C=O) groups excluding carboxylic acids is 1. The van der Waals surface area contributed by atoms with Crippen LogP contribution in [-0.4, -0.2) is 15.7 Å². The maximum absolute atomic E-state index is 14.1. The number of aromatic nitrogens is 2. The third kappa shape index (κ3) is 3.28. The van der Waals surface area contributed by atoms with E-state index in [2.05, 4.69) is 10.4 Å². The van der Waals surface area contributed by atoms with Crippen LogP contribution in [0, 0.1) is 19.8 Å². The first-order valence-electron chi connectivity index (χ1n) is 7.74. The van der Waals surface area contributed by atoms with Gasteiger partial charge in [0.1, 0.15) is 5.56 Å². The third-order valence-corrected chi connectivity index (χ3v) is 4.27. The van der Waals surface area contributed by atoms with Crippen molar-refractivity contribution in [2.24, 2.45) is 7.05 Å². The number of aryl methyl sites for hydroxylation is 3. The number of carbonyl (C=O) groups is 1. The number of halogens is 2. The molecule has 3 aromatic rings. The van der Waals surface area contributed by atoms with Gasteiger partial charge in [0.2, 0.25) is 5.95 Å². The fraction of sp³-hybridized carbons (Fsp3) is 0.158. The Hall–Kier alpha value is -2.66. The number of benzene rings is 2. The van der Waals surface area contributed by atoms with Gasteiger partial charge in [0.25, 0.3) is 5.91 Å². The molecular formula is C19H17ClFN3O. The predicted octanol–water partition coefficient (Wildman–Crippen LogP) is 4.75. The molecule has 0 bridgehead atoms. The van der Waals surface area contributed by atoms with Crippen molar-refractivity contribution in [2.45, 2.75) is 13.8 Å². The zero-order chi connectivity index (χ0) is 18.1. The van der Waals surface area contributed by atoms with Gasteiger partial charge in [-0.15, -0.1) is 0 Å². The van der Waals surface area contributed by atoms with E-state index in [1.165, 1.54) is 7.05 Å². The summed E-state index contributed by atoms with van der Waals surface area (Å²) in [5.74, 6) is -1.18. The second kappa shape index (κ2) is 6.69. The summed E-state index contributed by atoms with van der Waals surface area (Å²) in [6, 6.07) is 12.9. The Balaban J connectivity index is 2.00. The van der Waals surface area contributed by atoms with Crippen molar-refractivity contribution in [3.05, 3.63) is 70.3 Å². The summed E-state index contributed by atoms with van der Waals surface area (Å²) in [5, 5.41) is 7.39. The highest BCUT2D eigenvalue weighted by Gasteiger charge is 2.21.